The van der Waals surface area contributed by atoms with E-state index in [1.165, 1.54) is 16.4 Å². The highest BCUT2D eigenvalue weighted by atomic mass is 35.5. The van der Waals surface area contributed by atoms with Gasteiger partial charge in [0.15, 0.2) is 0 Å². The molecule has 9 heteroatoms. The summed E-state index contributed by atoms with van der Waals surface area (Å²) in [5.74, 6) is -0.390. The molecule has 36 heavy (non-hydrogen) atoms. The number of para-hydroxylation sites is 1. The molecule has 0 atom stereocenters. The summed E-state index contributed by atoms with van der Waals surface area (Å²) in [5, 5.41) is 3.40. The third-order valence-electron chi connectivity index (χ3n) is 6.14. The summed E-state index contributed by atoms with van der Waals surface area (Å²) < 4.78 is 27.0. The van der Waals surface area contributed by atoms with E-state index in [1.807, 2.05) is 54.6 Å². The average Bonchev–Trinajstić information content (AvgIpc) is 2.89. The monoisotopic (exact) mass is 525 g/mol. The number of nitrogens with zero attached hydrogens (tertiary/aromatic N) is 2. The molecule has 4 rings (SSSR count). The summed E-state index contributed by atoms with van der Waals surface area (Å²) in [6.07, 6.45) is 0.817. The largest absolute Gasteiger partial charge is 0.340 e. The Balaban J connectivity index is 1.27. The van der Waals surface area contributed by atoms with Gasteiger partial charge < -0.3 is 10.2 Å². The van der Waals surface area contributed by atoms with Gasteiger partial charge in [-0.2, -0.15) is 4.31 Å². The fourth-order valence-electron chi connectivity index (χ4n) is 4.14. The number of sulfonamides is 1. The first kappa shape index (κ1) is 25.9. The number of hydrogen-bond donors (Lipinski definition) is 1. The van der Waals surface area contributed by atoms with Gasteiger partial charge in [-0.15, -0.1) is 0 Å². The van der Waals surface area contributed by atoms with E-state index >= 15 is 0 Å². The van der Waals surface area contributed by atoms with Crippen molar-refractivity contribution in [2.75, 3.05) is 31.5 Å². The molecule has 3 aromatic rings. The van der Waals surface area contributed by atoms with Gasteiger partial charge in [0.25, 0.3) is 0 Å². The van der Waals surface area contributed by atoms with E-state index in [0.29, 0.717) is 11.4 Å². The molecule has 0 aromatic heterocycles. The molecule has 0 saturated carbocycles. The Labute approximate surface area is 216 Å². The van der Waals surface area contributed by atoms with Crippen LogP contribution in [0.1, 0.15) is 24.0 Å². The first-order valence-electron chi connectivity index (χ1n) is 11.8. The SMILES string of the molecule is O=C(CCC(=O)N1CCN(S(=O)(=O)c2ccc(Cl)cc2)CC1)Nc1ccccc1Cc1ccccc1. The van der Waals surface area contributed by atoms with Gasteiger partial charge in [-0.1, -0.05) is 60.1 Å². The van der Waals surface area contributed by atoms with Crippen LogP contribution in [0.5, 0.6) is 0 Å². The number of piperazine rings is 1. The van der Waals surface area contributed by atoms with Crippen LogP contribution in [0.2, 0.25) is 5.02 Å². The Morgan fingerprint density at radius 1 is 0.806 bits per heavy atom. The number of halogens is 1. The molecule has 1 fully saturated rings. The van der Waals surface area contributed by atoms with Gasteiger partial charge in [-0.05, 0) is 47.9 Å². The van der Waals surface area contributed by atoms with Gasteiger partial charge >= 0.3 is 0 Å². The van der Waals surface area contributed by atoms with Gasteiger partial charge in [-0.3, -0.25) is 9.59 Å². The lowest BCUT2D eigenvalue weighted by Crippen LogP contribution is -2.50. The minimum absolute atomic E-state index is 0.0573. The maximum absolute atomic E-state index is 12.8. The topological polar surface area (TPSA) is 86.8 Å². The molecule has 0 spiro atoms. The summed E-state index contributed by atoms with van der Waals surface area (Å²) in [4.78, 5) is 27.1. The molecule has 1 saturated heterocycles. The summed E-state index contributed by atoms with van der Waals surface area (Å²) >= 11 is 5.86. The second kappa shape index (κ2) is 11.7. The zero-order chi connectivity index (χ0) is 25.5. The van der Waals surface area contributed by atoms with Crippen molar-refractivity contribution in [3.8, 4) is 0 Å². The number of carbonyl (C=O) groups is 2. The maximum Gasteiger partial charge on any atom is 0.243 e. The van der Waals surface area contributed by atoms with Crippen molar-refractivity contribution < 1.29 is 18.0 Å². The standard InChI is InChI=1S/C27H28ClN3O4S/c28-23-10-12-24(13-11-23)36(34,35)31-18-16-30(17-19-31)27(33)15-14-26(32)29-25-9-5-4-8-22(25)20-21-6-2-1-3-7-21/h1-13H,14-20H2,(H,29,32). The maximum atomic E-state index is 12.8. The molecule has 188 valence electrons. The Bertz CT molecular complexity index is 1310. The lowest BCUT2D eigenvalue weighted by molar-refractivity contribution is -0.133. The van der Waals surface area contributed by atoms with Crippen molar-refractivity contribution in [1.29, 1.82) is 0 Å². The molecule has 1 N–H and O–H groups in total. The summed E-state index contributed by atoms with van der Waals surface area (Å²) in [7, 11) is -3.64. The summed E-state index contributed by atoms with van der Waals surface area (Å²) in [5.41, 5.74) is 2.88. The van der Waals surface area contributed by atoms with Gasteiger partial charge in [0.1, 0.15) is 0 Å². The fraction of sp³-hybridized carbons (Fsp3) is 0.259. The quantitative estimate of drug-likeness (QED) is 0.478. The Morgan fingerprint density at radius 3 is 2.14 bits per heavy atom. The van der Waals surface area contributed by atoms with E-state index in [2.05, 4.69) is 5.32 Å². The van der Waals surface area contributed by atoms with Crippen molar-refractivity contribution in [2.24, 2.45) is 0 Å². The number of amides is 2. The van der Waals surface area contributed by atoms with Crippen LogP contribution in [-0.4, -0.2) is 55.6 Å². The molecule has 0 radical (unpaired) electrons. The number of rotatable bonds is 8. The number of anilines is 1. The lowest BCUT2D eigenvalue weighted by Gasteiger charge is -2.34. The average molecular weight is 526 g/mol. The van der Waals surface area contributed by atoms with Crippen molar-refractivity contribution in [3.05, 3.63) is 95.0 Å². The van der Waals surface area contributed by atoms with Crippen molar-refractivity contribution in [2.45, 2.75) is 24.2 Å². The normalized spacial score (nSPS) is 14.4. The number of carbonyl (C=O) groups excluding carboxylic acids is 2. The molecule has 1 heterocycles. The molecule has 1 aliphatic rings. The Morgan fingerprint density at radius 2 is 1.44 bits per heavy atom. The zero-order valence-corrected chi connectivity index (χ0v) is 21.3. The number of benzene rings is 3. The van der Waals surface area contributed by atoms with Crippen LogP contribution in [0.15, 0.2) is 83.8 Å². The minimum atomic E-state index is -3.64. The third kappa shape index (κ3) is 6.51. The predicted octanol–water partition coefficient (Wildman–Crippen LogP) is 4.18. The lowest BCUT2D eigenvalue weighted by atomic mass is 10.0. The first-order valence-corrected chi connectivity index (χ1v) is 13.6. The van der Waals surface area contributed by atoms with E-state index in [-0.39, 0.29) is 55.7 Å². The molecule has 3 aromatic carbocycles. The third-order valence-corrected chi connectivity index (χ3v) is 8.30. The van der Waals surface area contributed by atoms with Gasteiger partial charge in [0, 0.05) is 49.7 Å². The molecule has 7 nitrogen and oxygen atoms in total. The minimum Gasteiger partial charge on any atom is -0.340 e. The highest BCUT2D eigenvalue weighted by Gasteiger charge is 2.30. The van der Waals surface area contributed by atoms with Crippen LogP contribution in [0.25, 0.3) is 0 Å². The second-order valence-corrected chi connectivity index (χ2v) is 11.0. The molecule has 2 amide bonds. The van der Waals surface area contributed by atoms with E-state index in [4.69, 9.17) is 11.6 Å². The molecule has 0 unspecified atom stereocenters. The Kier molecular flexibility index (Phi) is 8.40. The number of hydrogen-bond acceptors (Lipinski definition) is 4. The first-order chi connectivity index (χ1) is 17.3. The highest BCUT2D eigenvalue weighted by Crippen LogP contribution is 2.21. The highest BCUT2D eigenvalue weighted by molar-refractivity contribution is 7.89. The van der Waals surface area contributed by atoms with Gasteiger partial charge in [0.05, 0.1) is 4.90 Å². The van der Waals surface area contributed by atoms with E-state index in [1.54, 1.807) is 17.0 Å². The van der Waals surface area contributed by atoms with Crippen LogP contribution < -0.4 is 5.32 Å². The summed E-state index contributed by atoms with van der Waals surface area (Å²) in [6.45, 7) is 0.978. The van der Waals surface area contributed by atoms with Gasteiger partial charge in [0.2, 0.25) is 21.8 Å². The molecule has 0 bridgehead atoms. The molecule has 1 aliphatic heterocycles. The molecular weight excluding hydrogens is 498 g/mol. The Hall–Kier alpha value is -3.20. The van der Waals surface area contributed by atoms with Crippen molar-refractivity contribution in [1.82, 2.24) is 9.21 Å². The number of nitrogens with one attached hydrogen (secondary N) is 1. The van der Waals surface area contributed by atoms with Crippen molar-refractivity contribution in [3.63, 3.8) is 0 Å². The zero-order valence-electron chi connectivity index (χ0n) is 19.8. The van der Waals surface area contributed by atoms with Crippen LogP contribution in [0, 0.1) is 0 Å². The van der Waals surface area contributed by atoms with E-state index < -0.39 is 10.0 Å². The molecule has 0 aliphatic carbocycles. The van der Waals surface area contributed by atoms with Crippen LogP contribution >= 0.6 is 11.6 Å². The fourth-order valence-corrected chi connectivity index (χ4v) is 5.69. The van der Waals surface area contributed by atoms with Crippen LogP contribution in [0.3, 0.4) is 0 Å². The second-order valence-electron chi connectivity index (χ2n) is 8.61. The smallest absolute Gasteiger partial charge is 0.243 e. The van der Waals surface area contributed by atoms with Crippen LogP contribution in [0.4, 0.5) is 5.69 Å². The summed E-state index contributed by atoms with van der Waals surface area (Å²) in [6, 6.07) is 23.7. The molecular formula is C27H28ClN3O4S. The van der Waals surface area contributed by atoms with Crippen LogP contribution in [-0.2, 0) is 26.0 Å². The predicted molar refractivity (Wildman–Crippen MR) is 140 cm³/mol. The van der Waals surface area contributed by atoms with E-state index in [9.17, 15) is 18.0 Å². The van der Waals surface area contributed by atoms with Gasteiger partial charge in [-0.25, -0.2) is 8.42 Å². The van der Waals surface area contributed by atoms with E-state index in [0.717, 1.165) is 16.8 Å². The van der Waals surface area contributed by atoms with Crippen molar-refractivity contribution >= 4 is 39.1 Å².